The summed E-state index contributed by atoms with van der Waals surface area (Å²) in [5, 5.41) is 2.77. The van der Waals surface area contributed by atoms with Crippen LogP contribution in [-0.4, -0.2) is 77.5 Å². The molecule has 0 aliphatic carbocycles. The predicted octanol–water partition coefficient (Wildman–Crippen LogP) is -0.206. The molecule has 0 unspecified atom stereocenters. The van der Waals surface area contributed by atoms with Gasteiger partial charge in [0.15, 0.2) is 0 Å². The van der Waals surface area contributed by atoms with Gasteiger partial charge in [-0.3, -0.25) is 14.5 Å². The van der Waals surface area contributed by atoms with E-state index in [0.717, 1.165) is 0 Å². The fourth-order valence-corrected chi connectivity index (χ4v) is 2.98. The van der Waals surface area contributed by atoms with Crippen LogP contribution in [-0.2, 0) is 4.79 Å². The molecule has 1 saturated heterocycles. The summed E-state index contributed by atoms with van der Waals surface area (Å²) in [5.74, 6) is -0.565. The van der Waals surface area contributed by atoms with Crippen molar-refractivity contribution in [3.63, 3.8) is 0 Å². The third-order valence-electron chi connectivity index (χ3n) is 4.53. The topological polar surface area (TPSA) is 111 Å². The summed E-state index contributed by atoms with van der Waals surface area (Å²) in [7, 11) is 1.81. The minimum absolute atomic E-state index is 0.164. The molecule has 10 heteroatoms. The molecule has 0 spiro atoms. The van der Waals surface area contributed by atoms with Gasteiger partial charge in [0.25, 0.3) is 5.91 Å². The summed E-state index contributed by atoms with van der Waals surface area (Å²) in [6, 6.07) is 5.26. The average molecular weight is 391 g/mol. The van der Waals surface area contributed by atoms with Crippen molar-refractivity contribution in [1.29, 1.82) is 0 Å². The monoisotopic (exact) mass is 391 g/mol. The molecule has 1 aliphatic rings. The van der Waals surface area contributed by atoms with Gasteiger partial charge in [-0.2, -0.15) is 0 Å². The molecule has 1 aromatic carbocycles. The number of amides is 2. The Labute approximate surface area is 160 Å². The van der Waals surface area contributed by atoms with Crippen molar-refractivity contribution in [2.45, 2.75) is 6.04 Å². The first kappa shape index (κ1) is 19.6. The van der Waals surface area contributed by atoms with Crippen LogP contribution >= 0.6 is 0 Å². The maximum absolute atomic E-state index is 13.1. The molecule has 2 amide bonds. The van der Waals surface area contributed by atoms with Gasteiger partial charge in [-0.25, -0.2) is 9.18 Å². The van der Waals surface area contributed by atoms with Crippen LogP contribution in [0.1, 0.15) is 10.5 Å². The van der Waals surface area contributed by atoms with Gasteiger partial charge in [0.1, 0.15) is 29.9 Å². The van der Waals surface area contributed by atoms with E-state index in [2.05, 4.69) is 15.3 Å². The molecule has 2 heterocycles. The number of H-pyrrole nitrogens is 2. The number of aromatic amines is 2. The standard InChI is InChI=1S/C18H22FN5O4/c1-23-6-7-24(17(26)14-10-21-18(27)22-14)11-15(23)16(25)20-5-8-28-13-4-2-3-12(19)9-13/h2-4,9-10,15H,5-8,11H2,1H3,(H,20,25)(H2,21,22,27)/t15-/m1/s1. The van der Waals surface area contributed by atoms with Crippen LogP contribution in [0.25, 0.3) is 0 Å². The fourth-order valence-electron chi connectivity index (χ4n) is 2.98. The van der Waals surface area contributed by atoms with Crippen LogP contribution in [0, 0.1) is 5.82 Å². The lowest BCUT2D eigenvalue weighted by Crippen LogP contribution is -2.59. The molecule has 1 aromatic heterocycles. The summed E-state index contributed by atoms with van der Waals surface area (Å²) >= 11 is 0. The molecule has 0 radical (unpaired) electrons. The van der Waals surface area contributed by atoms with Gasteiger partial charge in [0.05, 0.1) is 6.54 Å². The van der Waals surface area contributed by atoms with Crippen molar-refractivity contribution in [2.24, 2.45) is 0 Å². The van der Waals surface area contributed by atoms with E-state index in [9.17, 15) is 18.8 Å². The maximum Gasteiger partial charge on any atom is 0.323 e. The Bertz CT molecular complexity index is 896. The lowest BCUT2D eigenvalue weighted by atomic mass is 10.1. The van der Waals surface area contributed by atoms with Crippen LogP contribution in [0.4, 0.5) is 4.39 Å². The van der Waals surface area contributed by atoms with Crippen molar-refractivity contribution in [3.05, 3.63) is 52.5 Å². The van der Waals surface area contributed by atoms with Crippen LogP contribution in [0.2, 0.25) is 0 Å². The lowest BCUT2D eigenvalue weighted by Gasteiger charge is -2.38. The third-order valence-corrected chi connectivity index (χ3v) is 4.53. The van der Waals surface area contributed by atoms with Gasteiger partial charge < -0.3 is 24.9 Å². The van der Waals surface area contributed by atoms with Crippen molar-refractivity contribution in [2.75, 3.05) is 39.8 Å². The van der Waals surface area contributed by atoms with E-state index in [-0.39, 0.29) is 43.0 Å². The molecule has 28 heavy (non-hydrogen) atoms. The van der Waals surface area contributed by atoms with Crippen LogP contribution in [0.15, 0.2) is 35.3 Å². The quantitative estimate of drug-likeness (QED) is 0.591. The fraction of sp³-hybridized carbons (Fsp3) is 0.389. The van der Waals surface area contributed by atoms with E-state index < -0.39 is 11.7 Å². The number of nitrogens with one attached hydrogen (secondary N) is 3. The molecule has 1 atom stereocenters. The Kier molecular flexibility index (Phi) is 6.09. The normalized spacial score (nSPS) is 17.4. The van der Waals surface area contributed by atoms with E-state index >= 15 is 0 Å². The van der Waals surface area contributed by atoms with Crippen LogP contribution in [0.3, 0.4) is 0 Å². The smallest absolute Gasteiger partial charge is 0.323 e. The van der Waals surface area contributed by atoms with E-state index in [0.29, 0.717) is 18.8 Å². The minimum Gasteiger partial charge on any atom is -0.492 e. The highest BCUT2D eigenvalue weighted by Gasteiger charge is 2.32. The van der Waals surface area contributed by atoms with E-state index in [1.165, 1.54) is 23.2 Å². The Hall–Kier alpha value is -3.14. The first-order chi connectivity index (χ1) is 13.4. The van der Waals surface area contributed by atoms with E-state index in [1.807, 2.05) is 11.9 Å². The van der Waals surface area contributed by atoms with E-state index in [1.54, 1.807) is 12.1 Å². The number of carbonyl (C=O) groups is 2. The Morgan fingerprint density at radius 3 is 2.89 bits per heavy atom. The Balaban J connectivity index is 1.50. The largest absolute Gasteiger partial charge is 0.492 e. The minimum atomic E-state index is -0.516. The number of halogens is 1. The number of aromatic nitrogens is 2. The van der Waals surface area contributed by atoms with Crippen LogP contribution in [0.5, 0.6) is 5.75 Å². The van der Waals surface area contributed by atoms with Crippen molar-refractivity contribution in [1.82, 2.24) is 25.1 Å². The summed E-state index contributed by atoms with van der Waals surface area (Å²) in [6.07, 6.45) is 1.32. The number of imidazole rings is 1. The lowest BCUT2D eigenvalue weighted by molar-refractivity contribution is -0.127. The highest BCUT2D eigenvalue weighted by atomic mass is 19.1. The number of hydrogen-bond acceptors (Lipinski definition) is 5. The average Bonchev–Trinajstić information content (AvgIpc) is 3.11. The number of benzene rings is 1. The second kappa shape index (κ2) is 8.70. The SMILES string of the molecule is CN1CCN(C(=O)c2c[nH]c(=O)[nH]2)C[C@@H]1C(=O)NCCOc1cccc(F)c1. The Morgan fingerprint density at radius 2 is 2.18 bits per heavy atom. The van der Waals surface area contributed by atoms with Crippen molar-refractivity contribution < 1.29 is 18.7 Å². The van der Waals surface area contributed by atoms with Gasteiger partial charge >= 0.3 is 5.69 Å². The highest BCUT2D eigenvalue weighted by molar-refractivity contribution is 5.93. The van der Waals surface area contributed by atoms with Crippen molar-refractivity contribution in [3.8, 4) is 5.75 Å². The molecule has 3 N–H and O–H groups in total. The number of likely N-dealkylation sites (N-methyl/N-ethyl adjacent to an activating group) is 1. The molecule has 0 bridgehead atoms. The molecule has 1 fully saturated rings. The molecule has 2 aromatic rings. The van der Waals surface area contributed by atoms with Crippen molar-refractivity contribution >= 4 is 11.8 Å². The molecule has 1 aliphatic heterocycles. The second-order valence-electron chi connectivity index (χ2n) is 6.50. The molecule has 3 rings (SSSR count). The number of rotatable bonds is 6. The first-order valence-electron chi connectivity index (χ1n) is 8.87. The van der Waals surface area contributed by atoms with Crippen LogP contribution < -0.4 is 15.7 Å². The second-order valence-corrected chi connectivity index (χ2v) is 6.50. The van der Waals surface area contributed by atoms with Gasteiger partial charge in [0.2, 0.25) is 5.91 Å². The predicted molar refractivity (Wildman–Crippen MR) is 98.6 cm³/mol. The molecule has 0 saturated carbocycles. The van der Waals surface area contributed by atoms with E-state index in [4.69, 9.17) is 4.74 Å². The summed E-state index contributed by atoms with van der Waals surface area (Å²) < 4.78 is 18.5. The maximum atomic E-state index is 13.1. The molecule has 150 valence electrons. The number of nitrogens with zero attached hydrogens (tertiary/aromatic N) is 2. The number of carbonyl (C=O) groups excluding carboxylic acids is 2. The first-order valence-corrected chi connectivity index (χ1v) is 8.87. The molecule has 9 nitrogen and oxygen atoms in total. The van der Waals surface area contributed by atoms with Gasteiger partial charge in [-0.05, 0) is 19.2 Å². The summed E-state index contributed by atoms with van der Waals surface area (Å²) in [5.41, 5.74) is -0.290. The van der Waals surface area contributed by atoms with Gasteiger partial charge in [0, 0.05) is 31.9 Å². The zero-order chi connectivity index (χ0) is 20.1. The zero-order valence-electron chi connectivity index (χ0n) is 15.4. The van der Waals surface area contributed by atoms with Gasteiger partial charge in [-0.15, -0.1) is 0 Å². The summed E-state index contributed by atoms with van der Waals surface area (Å²) in [4.78, 5) is 44.4. The number of piperazine rings is 1. The van der Waals surface area contributed by atoms with Gasteiger partial charge in [-0.1, -0.05) is 6.07 Å². The number of hydrogen-bond donors (Lipinski definition) is 3. The zero-order valence-corrected chi connectivity index (χ0v) is 15.4. The summed E-state index contributed by atoms with van der Waals surface area (Å²) in [6.45, 7) is 1.63. The Morgan fingerprint density at radius 1 is 1.36 bits per heavy atom. The number of ether oxygens (including phenoxy) is 1. The molecular weight excluding hydrogens is 369 g/mol. The molecular formula is C18H22FN5O4. The highest BCUT2D eigenvalue weighted by Crippen LogP contribution is 2.12. The third kappa shape index (κ3) is 4.77.